The van der Waals surface area contributed by atoms with Gasteiger partial charge in [0.1, 0.15) is 17.2 Å². The molecule has 4 N–H and O–H groups in total. The molecule has 4 atom stereocenters. The SMILES string of the molecule is CCCCCCCCCCCCCCC(=O)CC(Cl)C(=O)[C@H](Cc1ccccc1)NC(=O)[C@H](C)NC(=O)[C@H](C)N. The van der Waals surface area contributed by atoms with Gasteiger partial charge in [0.05, 0.1) is 12.1 Å². The van der Waals surface area contributed by atoms with E-state index in [0.717, 1.165) is 24.8 Å². The number of carbonyl (C=O) groups is 4. The molecule has 1 aromatic rings. The number of carbonyl (C=O) groups excluding carboxylic acids is 4. The van der Waals surface area contributed by atoms with Crippen molar-refractivity contribution >= 4 is 35.0 Å². The third-order valence-corrected chi connectivity index (χ3v) is 7.50. The molecule has 1 unspecified atom stereocenters. The summed E-state index contributed by atoms with van der Waals surface area (Å²) < 4.78 is 0. The minimum absolute atomic E-state index is 0.0391. The van der Waals surface area contributed by atoms with Crippen molar-refractivity contribution in [1.29, 1.82) is 0 Å². The summed E-state index contributed by atoms with van der Waals surface area (Å²) in [6.45, 7) is 5.28. The van der Waals surface area contributed by atoms with E-state index in [0.29, 0.717) is 6.42 Å². The minimum atomic E-state index is -1.03. The molecule has 226 valence electrons. The number of benzene rings is 1. The first-order chi connectivity index (χ1) is 19.1. The zero-order valence-electron chi connectivity index (χ0n) is 24.9. The number of ketones is 2. The van der Waals surface area contributed by atoms with Gasteiger partial charge in [-0.3, -0.25) is 19.2 Å². The van der Waals surface area contributed by atoms with Crippen LogP contribution in [0.15, 0.2) is 30.3 Å². The van der Waals surface area contributed by atoms with Crippen LogP contribution in [-0.2, 0) is 25.6 Å². The Morgan fingerprint density at radius 3 is 1.82 bits per heavy atom. The molecule has 0 aromatic heterocycles. The molecule has 0 heterocycles. The van der Waals surface area contributed by atoms with Crippen LogP contribution in [-0.4, -0.2) is 46.9 Å². The zero-order valence-corrected chi connectivity index (χ0v) is 25.6. The van der Waals surface area contributed by atoms with Gasteiger partial charge in [-0.1, -0.05) is 108 Å². The smallest absolute Gasteiger partial charge is 0.242 e. The molecule has 0 aliphatic heterocycles. The lowest BCUT2D eigenvalue weighted by Crippen LogP contribution is -2.54. The fraction of sp³-hybridized carbons (Fsp3) is 0.688. The molecule has 8 heteroatoms. The van der Waals surface area contributed by atoms with Crippen molar-refractivity contribution in [3.8, 4) is 0 Å². The Hall–Kier alpha value is -2.25. The molecule has 0 fully saturated rings. The van der Waals surface area contributed by atoms with Crippen molar-refractivity contribution in [2.24, 2.45) is 5.73 Å². The molecule has 0 aliphatic carbocycles. The topological polar surface area (TPSA) is 118 Å². The van der Waals surface area contributed by atoms with Crippen LogP contribution >= 0.6 is 11.6 Å². The van der Waals surface area contributed by atoms with Crippen LogP contribution in [0, 0.1) is 0 Å². The van der Waals surface area contributed by atoms with Gasteiger partial charge in [0.2, 0.25) is 11.8 Å². The van der Waals surface area contributed by atoms with Crippen molar-refractivity contribution in [3.63, 3.8) is 0 Å². The summed E-state index contributed by atoms with van der Waals surface area (Å²) in [5, 5.41) is 4.21. The van der Waals surface area contributed by atoms with Crippen molar-refractivity contribution in [1.82, 2.24) is 10.6 Å². The monoisotopic (exact) mass is 577 g/mol. The first kappa shape index (κ1) is 35.8. The van der Waals surface area contributed by atoms with E-state index in [1.54, 1.807) is 0 Å². The highest BCUT2D eigenvalue weighted by Crippen LogP contribution is 2.16. The highest BCUT2D eigenvalue weighted by molar-refractivity contribution is 6.33. The number of nitrogens with two attached hydrogens (primary N) is 1. The van der Waals surface area contributed by atoms with Crippen molar-refractivity contribution < 1.29 is 19.2 Å². The molecule has 0 bridgehead atoms. The van der Waals surface area contributed by atoms with E-state index < -0.39 is 41.1 Å². The Morgan fingerprint density at radius 2 is 1.30 bits per heavy atom. The van der Waals surface area contributed by atoms with Gasteiger partial charge in [0.15, 0.2) is 5.78 Å². The molecule has 2 amide bonds. The van der Waals surface area contributed by atoms with Crippen LogP contribution in [0.1, 0.15) is 116 Å². The molecule has 40 heavy (non-hydrogen) atoms. The van der Waals surface area contributed by atoms with Crippen molar-refractivity contribution in [2.75, 3.05) is 0 Å². The van der Waals surface area contributed by atoms with Crippen LogP contribution in [0.5, 0.6) is 0 Å². The maximum Gasteiger partial charge on any atom is 0.242 e. The molecular weight excluding hydrogens is 526 g/mol. The summed E-state index contributed by atoms with van der Waals surface area (Å²) in [5.41, 5.74) is 6.42. The predicted octanol–water partition coefficient (Wildman–Crippen LogP) is 5.79. The average Bonchev–Trinajstić information content (AvgIpc) is 2.93. The third kappa shape index (κ3) is 16.1. The number of hydrogen-bond acceptors (Lipinski definition) is 5. The molecule has 7 nitrogen and oxygen atoms in total. The maximum absolute atomic E-state index is 13.2. The number of amides is 2. The van der Waals surface area contributed by atoms with Gasteiger partial charge < -0.3 is 16.4 Å². The molecule has 0 spiro atoms. The second kappa shape index (κ2) is 21.5. The van der Waals surface area contributed by atoms with Gasteiger partial charge >= 0.3 is 0 Å². The Balaban J connectivity index is 2.47. The number of unbranched alkanes of at least 4 members (excludes halogenated alkanes) is 11. The number of rotatable bonds is 23. The van der Waals surface area contributed by atoms with Crippen molar-refractivity contribution in [3.05, 3.63) is 35.9 Å². The standard InChI is InChI=1S/C32H52ClN3O4/c1-4-5-6-7-8-9-10-11-12-13-14-18-21-27(37)23-28(33)30(38)29(22-26-19-16-15-17-20-26)36-32(40)25(3)35-31(39)24(2)34/h15-17,19-20,24-25,28-29H,4-14,18,21-23,34H2,1-3H3,(H,35,39)(H,36,40)/t24-,25-,28?,29-/m0/s1. The van der Waals surface area contributed by atoms with Gasteiger partial charge in [-0.25, -0.2) is 0 Å². The lowest BCUT2D eigenvalue weighted by molar-refractivity contribution is -0.131. The zero-order chi connectivity index (χ0) is 29.8. The number of hydrogen-bond donors (Lipinski definition) is 3. The molecular formula is C32H52ClN3O4. The molecule has 0 saturated carbocycles. The minimum Gasteiger partial charge on any atom is -0.344 e. The van der Waals surface area contributed by atoms with E-state index >= 15 is 0 Å². The fourth-order valence-electron chi connectivity index (χ4n) is 4.56. The van der Waals surface area contributed by atoms with E-state index in [9.17, 15) is 19.2 Å². The number of Topliss-reactive ketones (excluding diaryl/α,β-unsaturated/α-hetero) is 2. The number of halogens is 1. The summed E-state index contributed by atoms with van der Waals surface area (Å²) in [7, 11) is 0. The summed E-state index contributed by atoms with van der Waals surface area (Å²) >= 11 is 6.42. The first-order valence-electron chi connectivity index (χ1n) is 15.2. The van der Waals surface area contributed by atoms with Crippen LogP contribution in [0.25, 0.3) is 0 Å². The molecule has 0 radical (unpaired) electrons. The Bertz CT molecular complexity index is 878. The van der Waals surface area contributed by atoms with Gasteiger partial charge in [-0.15, -0.1) is 11.6 Å². The van der Waals surface area contributed by atoms with Gasteiger partial charge in [-0.2, -0.15) is 0 Å². The Kier molecular flexibility index (Phi) is 19.2. The van der Waals surface area contributed by atoms with E-state index in [1.165, 1.54) is 71.6 Å². The lowest BCUT2D eigenvalue weighted by atomic mass is 9.97. The Morgan fingerprint density at radius 1 is 0.775 bits per heavy atom. The number of nitrogens with one attached hydrogen (secondary N) is 2. The largest absolute Gasteiger partial charge is 0.344 e. The van der Waals surface area contributed by atoms with Crippen molar-refractivity contribution in [2.45, 2.75) is 141 Å². The lowest BCUT2D eigenvalue weighted by Gasteiger charge is -2.23. The molecule has 0 aliphatic rings. The maximum atomic E-state index is 13.2. The number of alkyl halides is 1. The fourth-order valence-corrected chi connectivity index (χ4v) is 4.89. The molecule has 0 saturated heterocycles. The Labute approximate surface area is 246 Å². The average molecular weight is 578 g/mol. The predicted molar refractivity (Wildman–Crippen MR) is 163 cm³/mol. The van der Waals surface area contributed by atoms with Gasteiger partial charge in [0.25, 0.3) is 0 Å². The summed E-state index contributed by atoms with van der Waals surface area (Å²) in [4.78, 5) is 50.4. The molecule has 1 rings (SSSR count). The van der Waals surface area contributed by atoms with E-state index in [1.807, 2.05) is 30.3 Å². The summed E-state index contributed by atoms with van der Waals surface area (Å²) in [5.74, 6) is -1.43. The van der Waals surface area contributed by atoms with E-state index in [2.05, 4.69) is 17.6 Å². The van der Waals surface area contributed by atoms with Crippen LogP contribution in [0.4, 0.5) is 0 Å². The van der Waals surface area contributed by atoms with Crippen LogP contribution in [0.2, 0.25) is 0 Å². The quantitative estimate of drug-likeness (QED) is 0.112. The van der Waals surface area contributed by atoms with Crippen LogP contribution < -0.4 is 16.4 Å². The summed E-state index contributed by atoms with van der Waals surface area (Å²) in [6.07, 6.45) is 15.2. The molecule has 1 aromatic carbocycles. The second-order valence-corrected chi connectivity index (χ2v) is 11.5. The van der Waals surface area contributed by atoms with Gasteiger partial charge in [-0.05, 0) is 32.3 Å². The van der Waals surface area contributed by atoms with Gasteiger partial charge in [0, 0.05) is 12.8 Å². The third-order valence-electron chi connectivity index (χ3n) is 7.13. The van der Waals surface area contributed by atoms with Crippen LogP contribution in [0.3, 0.4) is 0 Å². The highest BCUT2D eigenvalue weighted by Gasteiger charge is 2.30. The van der Waals surface area contributed by atoms with E-state index in [-0.39, 0.29) is 18.6 Å². The summed E-state index contributed by atoms with van der Waals surface area (Å²) in [6, 6.07) is 6.70. The normalized spacial score (nSPS) is 14.1. The van der Waals surface area contributed by atoms with E-state index in [4.69, 9.17) is 17.3 Å². The second-order valence-electron chi connectivity index (χ2n) is 11.0. The first-order valence-corrected chi connectivity index (χ1v) is 15.7. The highest BCUT2D eigenvalue weighted by atomic mass is 35.5.